The monoisotopic (exact) mass is 257 g/mol. The Balaban J connectivity index is 3.27. The molecule has 0 bridgehead atoms. The van der Waals surface area contributed by atoms with E-state index < -0.39 is 0 Å². The van der Waals surface area contributed by atoms with Gasteiger partial charge in [-0.3, -0.25) is 4.79 Å². The highest BCUT2D eigenvalue weighted by atomic mass is 79.9. The average Bonchev–Trinajstić information content (AvgIpc) is 1.82. The first-order valence-corrected chi connectivity index (χ1v) is 4.71. The molecule has 0 saturated carbocycles. The van der Waals surface area contributed by atoms with Crippen LogP contribution in [0.1, 0.15) is 12.8 Å². The van der Waals surface area contributed by atoms with Gasteiger partial charge in [-0.15, -0.1) is 0 Å². The summed E-state index contributed by atoms with van der Waals surface area (Å²) in [6.07, 6.45) is 1.78. The second-order valence-electron chi connectivity index (χ2n) is 1.70. The fourth-order valence-electron chi connectivity index (χ4n) is 0.399. The SMILES string of the molecule is NC(=O)C(Br)CCCBr. The topological polar surface area (TPSA) is 43.1 Å². The van der Waals surface area contributed by atoms with E-state index in [0.29, 0.717) is 0 Å². The largest absolute Gasteiger partial charge is 0.369 e. The molecule has 2 N–H and O–H groups in total. The quantitative estimate of drug-likeness (QED) is 0.762. The molecule has 0 aliphatic rings. The summed E-state index contributed by atoms with van der Waals surface area (Å²) < 4.78 is 0. The minimum atomic E-state index is -0.282. The first kappa shape index (κ1) is 9.43. The first-order valence-electron chi connectivity index (χ1n) is 2.68. The van der Waals surface area contributed by atoms with Crippen LogP contribution in [0.25, 0.3) is 0 Å². The number of halogens is 2. The average molecular weight is 259 g/mol. The van der Waals surface area contributed by atoms with Crippen LogP contribution in [-0.2, 0) is 4.79 Å². The molecule has 1 atom stereocenters. The van der Waals surface area contributed by atoms with E-state index >= 15 is 0 Å². The van der Waals surface area contributed by atoms with E-state index in [2.05, 4.69) is 31.9 Å². The minimum Gasteiger partial charge on any atom is -0.369 e. The van der Waals surface area contributed by atoms with Crippen molar-refractivity contribution in [1.29, 1.82) is 0 Å². The highest BCUT2D eigenvalue weighted by molar-refractivity contribution is 9.10. The summed E-state index contributed by atoms with van der Waals surface area (Å²) in [6, 6.07) is 0. The zero-order chi connectivity index (χ0) is 7.28. The lowest BCUT2D eigenvalue weighted by Gasteiger charge is -2.01. The molecule has 0 aromatic rings. The number of carbonyl (C=O) groups excluding carboxylic acids is 1. The molecular formula is C5H9Br2NO. The van der Waals surface area contributed by atoms with Gasteiger partial charge in [0.1, 0.15) is 0 Å². The Morgan fingerprint density at radius 2 is 2.22 bits per heavy atom. The Morgan fingerprint density at radius 3 is 2.56 bits per heavy atom. The molecular weight excluding hydrogens is 250 g/mol. The lowest BCUT2D eigenvalue weighted by atomic mass is 10.2. The predicted molar refractivity (Wildman–Crippen MR) is 44.9 cm³/mol. The second kappa shape index (κ2) is 5.23. The van der Waals surface area contributed by atoms with Crippen LogP contribution in [0.15, 0.2) is 0 Å². The second-order valence-corrected chi connectivity index (χ2v) is 3.60. The van der Waals surface area contributed by atoms with Crippen molar-refractivity contribution < 1.29 is 4.79 Å². The Labute approximate surface area is 71.4 Å². The standard InChI is InChI=1S/C5H9Br2NO/c6-3-1-2-4(7)5(8)9/h4H,1-3H2,(H2,8,9). The highest BCUT2D eigenvalue weighted by Gasteiger charge is 2.08. The highest BCUT2D eigenvalue weighted by Crippen LogP contribution is 2.07. The van der Waals surface area contributed by atoms with E-state index in [4.69, 9.17) is 5.73 Å². The van der Waals surface area contributed by atoms with Crippen molar-refractivity contribution >= 4 is 37.8 Å². The molecule has 0 aromatic carbocycles. The van der Waals surface area contributed by atoms with Gasteiger partial charge in [-0.05, 0) is 12.8 Å². The molecule has 0 heterocycles. The van der Waals surface area contributed by atoms with Crippen molar-refractivity contribution in [1.82, 2.24) is 0 Å². The van der Waals surface area contributed by atoms with Crippen molar-refractivity contribution in [2.45, 2.75) is 17.7 Å². The molecule has 1 unspecified atom stereocenters. The molecule has 0 radical (unpaired) electrons. The molecule has 0 aromatic heterocycles. The summed E-state index contributed by atoms with van der Waals surface area (Å²) in [6.45, 7) is 0. The van der Waals surface area contributed by atoms with Crippen LogP contribution in [0, 0.1) is 0 Å². The summed E-state index contributed by atoms with van der Waals surface area (Å²) >= 11 is 6.40. The fourth-order valence-corrected chi connectivity index (χ4v) is 1.05. The van der Waals surface area contributed by atoms with Gasteiger partial charge in [-0.25, -0.2) is 0 Å². The van der Waals surface area contributed by atoms with E-state index in [1.807, 2.05) is 0 Å². The lowest BCUT2D eigenvalue weighted by Crippen LogP contribution is -2.22. The molecule has 4 heteroatoms. The van der Waals surface area contributed by atoms with Crippen LogP contribution in [0.3, 0.4) is 0 Å². The third-order valence-corrected chi connectivity index (χ3v) is 2.37. The predicted octanol–water partition coefficient (Wildman–Crippen LogP) is 1.41. The molecule has 54 valence electrons. The number of nitrogens with two attached hydrogens (primary N) is 1. The number of primary amides is 1. The zero-order valence-corrected chi connectivity index (χ0v) is 8.11. The molecule has 0 aliphatic carbocycles. The lowest BCUT2D eigenvalue weighted by molar-refractivity contribution is -0.117. The molecule has 1 amide bonds. The van der Waals surface area contributed by atoms with Crippen molar-refractivity contribution in [2.24, 2.45) is 5.73 Å². The summed E-state index contributed by atoms with van der Waals surface area (Å²) in [7, 11) is 0. The van der Waals surface area contributed by atoms with Gasteiger partial charge in [0.25, 0.3) is 0 Å². The van der Waals surface area contributed by atoms with Crippen LogP contribution in [0.2, 0.25) is 0 Å². The normalized spacial score (nSPS) is 13.1. The molecule has 0 saturated heterocycles. The van der Waals surface area contributed by atoms with Gasteiger partial charge in [0.15, 0.2) is 0 Å². The van der Waals surface area contributed by atoms with Crippen LogP contribution >= 0.6 is 31.9 Å². The summed E-state index contributed by atoms with van der Waals surface area (Å²) in [5.74, 6) is -0.282. The Kier molecular flexibility index (Phi) is 5.48. The number of hydrogen-bond acceptors (Lipinski definition) is 1. The van der Waals surface area contributed by atoms with Gasteiger partial charge in [0.2, 0.25) is 5.91 Å². The number of alkyl halides is 2. The van der Waals surface area contributed by atoms with E-state index in [-0.39, 0.29) is 10.7 Å². The molecule has 2 nitrogen and oxygen atoms in total. The van der Waals surface area contributed by atoms with Gasteiger partial charge in [0.05, 0.1) is 4.83 Å². The Bertz CT molecular complexity index is 97.0. The number of hydrogen-bond donors (Lipinski definition) is 1. The fraction of sp³-hybridized carbons (Fsp3) is 0.800. The summed E-state index contributed by atoms with van der Waals surface area (Å²) in [4.78, 5) is 10.2. The smallest absolute Gasteiger partial charge is 0.231 e. The van der Waals surface area contributed by atoms with Crippen LogP contribution in [-0.4, -0.2) is 16.1 Å². The number of carbonyl (C=O) groups is 1. The van der Waals surface area contributed by atoms with E-state index in [0.717, 1.165) is 18.2 Å². The maximum Gasteiger partial charge on any atom is 0.231 e. The van der Waals surface area contributed by atoms with Gasteiger partial charge >= 0.3 is 0 Å². The van der Waals surface area contributed by atoms with Gasteiger partial charge < -0.3 is 5.73 Å². The first-order chi connectivity index (χ1) is 4.18. The number of rotatable bonds is 4. The molecule has 0 fully saturated rings. The summed E-state index contributed by atoms with van der Waals surface area (Å²) in [5, 5.41) is 0.919. The molecule has 0 aliphatic heterocycles. The molecule has 9 heavy (non-hydrogen) atoms. The van der Waals surface area contributed by atoms with Crippen molar-refractivity contribution in [3.05, 3.63) is 0 Å². The van der Waals surface area contributed by atoms with Crippen molar-refractivity contribution in [3.63, 3.8) is 0 Å². The van der Waals surface area contributed by atoms with Crippen LogP contribution in [0.4, 0.5) is 0 Å². The van der Waals surface area contributed by atoms with E-state index in [9.17, 15) is 4.79 Å². The van der Waals surface area contributed by atoms with Gasteiger partial charge in [-0.2, -0.15) is 0 Å². The van der Waals surface area contributed by atoms with E-state index in [1.54, 1.807) is 0 Å². The van der Waals surface area contributed by atoms with Crippen LogP contribution < -0.4 is 5.73 Å². The summed E-state index contributed by atoms with van der Waals surface area (Å²) in [5.41, 5.74) is 4.98. The third-order valence-electron chi connectivity index (χ3n) is 0.900. The van der Waals surface area contributed by atoms with Crippen molar-refractivity contribution in [2.75, 3.05) is 5.33 Å². The Morgan fingerprint density at radius 1 is 1.67 bits per heavy atom. The molecule has 0 spiro atoms. The van der Waals surface area contributed by atoms with Gasteiger partial charge in [-0.1, -0.05) is 31.9 Å². The maximum absolute atomic E-state index is 10.4. The minimum absolute atomic E-state index is 0.157. The van der Waals surface area contributed by atoms with Gasteiger partial charge in [0, 0.05) is 5.33 Å². The molecule has 0 rings (SSSR count). The maximum atomic E-state index is 10.4. The van der Waals surface area contributed by atoms with Crippen molar-refractivity contribution in [3.8, 4) is 0 Å². The number of amides is 1. The zero-order valence-electron chi connectivity index (χ0n) is 4.94. The van der Waals surface area contributed by atoms with E-state index in [1.165, 1.54) is 0 Å². The third kappa shape index (κ3) is 4.90. The Hall–Kier alpha value is 0.430. The van der Waals surface area contributed by atoms with Crippen LogP contribution in [0.5, 0.6) is 0 Å².